The van der Waals surface area contributed by atoms with E-state index in [-0.39, 0.29) is 5.82 Å². The average Bonchev–Trinajstić information content (AvgIpc) is 3.25. The van der Waals surface area contributed by atoms with Crippen molar-refractivity contribution in [1.29, 1.82) is 0 Å². The van der Waals surface area contributed by atoms with Crippen LogP contribution in [0.15, 0.2) is 42.6 Å². The molecule has 0 bridgehead atoms. The Morgan fingerprint density at radius 3 is 2.46 bits per heavy atom. The fraction of sp³-hybridized carbons (Fsp3) is 0.167. The zero-order valence-corrected chi connectivity index (χ0v) is 12.5. The number of benzene rings is 2. The molecular weight excluding hydrogens is 317 g/mol. The van der Waals surface area contributed by atoms with Crippen LogP contribution in [0.1, 0.15) is 18.4 Å². The number of aromatic amines is 1. The third-order valence-corrected chi connectivity index (χ3v) is 4.55. The van der Waals surface area contributed by atoms with Crippen LogP contribution in [0.4, 0.5) is 18.9 Å². The van der Waals surface area contributed by atoms with E-state index < -0.39 is 28.6 Å². The van der Waals surface area contributed by atoms with E-state index in [4.69, 9.17) is 0 Å². The summed E-state index contributed by atoms with van der Waals surface area (Å²) in [7, 11) is 0. The number of anilines is 1. The third kappa shape index (κ3) is 2.18. The Morgan fingerprint density at radius 1 is 1.08 bits per heavy atom. The Hall–Kier alpha value is -2.76. The van der Waals surface area contributed by atoms with Crippen LogP contribution in [0.25, 0.3) is 10.9 Å². The minimum Gasteiger partial charge on any atom is -0.361 e. The molecule has 0 saturated heterocycles. The second-order valence-corrected chi connectivity index (χ2v) is 6.03. The summed E-state index contributed by atoms with van der Waals surface area (Å²) in [4.78, 5) is 15.6. The fourth-order valence-corrected chi connectivity index (χ4v) is 3.09. The molecule has 0 unspecified atom stereocenters. The number of hydrogen-bond acceptors (Lipinski definition) is 1. The Kier molecular flexibility index (Phi) is 3.16. The number of H-pyrrole nitrogens is 1. The molecule has 6 heteroatoms. The van der Waals surface area contributed by atoms with E-state index in [9.17, 15) is 18.0 Å². The van der Waals surface area contributed by atoms with Crippen LogP contribution in [0.2, 0.25) is 0 Å². The van der Waals surface area contributed by atoms with Gasteiger partial charge >= 0.3 is 0 Å². The normalized spacial score (nSPS) is 15.5. The highest BCUT2D eigenvalue weighted by molar-refractivity contribution is 6.04. The van der Waals surface area contributed by atoms with Crippen LogP contribution in [-0.2, 0) is 10.2 Å². The molecule has 0 spiro atoms. The second kappa shape index (κ2) is 5.12. The molecule has 2 N–H and O–H groups in total. The molecular formula is C18H13F3N2O. The van der Waals surface area contributed by atoms with E-state index in [1.54, 1.807) is 12.3 Å². The lowest BCUT2D eigenvalue weighted by atomic mass is 9.94. The van der Waals surface area contributed by atoms with Gasteiger partial charge in [-0.25, -0.2) is 13.2 Å². The maximum absolute atomic E-state index is 13.8. The van der Waals surface area contributed by atoms with Gasteiger partial charge in [-0.1, -0.05) is 6.07 Å². The van der Waals surface area contributed by atoms with Gasteiger partial charge in [-0.3, -0.25) is 4.79 Å². The topological polar surface area (TPSA) is 44.9 Å². The molecule has 1 fully saturated rings. The molecule has 1 heterocycles. The molecule has 2 aromatic carbocycles. The van der Waals surface area contributed by atoms with Crippen molar-refractivity contribution < 1.29 is 18.0 Å². The molecule has 122 valence electrons. The van der Waals surface area contributed by atoms with Crippen LogP contribution in [0.5, 0.6) is 0 Å². The van der Waals surface area contributed by atoms with Gasteiger partial charge in [0.2, 0.25) is 5.91 Å². The van der Waals surface area contributed by atoms with Crippen molar-refractivity contribution in [2.24, 2.45) is 0 Å². The van der Waals surface area contributed by atoms with Crippen molar-refractivity contribution in [3.63, 3.8) is 0 Å². The summed E-state index contributed by atoms with van der Waals surface area (Å²) >= 11 is 0. The number of carbonyl (C=O) groups is 1. The van der Waals surface area contributed by atoms with Gasteiger partial charge < -0.3 is 10.3 Å². The molecule has 1 aliphatic carbocycles. The van der Waals surface area contributed by atoms with Gasteiger partial charge in [0.1, 0.15) is 23.1 Å². The van der Waals surface area contributed by atoms with Crippen molar-refractivity contribution >= 4 is 22.5 Å². The maximum Gasteiger partial charge on any atom is 0.235 e. The van der Waals surface area contributed by atoms with Crippen LogP contribution >= 0.6 is 0 Å². The highest BCUT2D eigenvalue weighted by Crippen LogP contribution is 2.51. The molecule has 1 aromatic heterocycles. The van der Waals surface area contributed by atoms with E-state index in [1.807, 2.05) is 0 Å². The first-order chi connectivity index (χ1) is 11.5. The number of fused-ring (bicyclic) bond motifs is 1. The number of amides is 1. The van der Waals surface area contributed by atoms with Crippen LogP contribution < -0.4 is 5.32 Å². The van der Waals surface area contributed by atoms with Gasteiger partial charge in [0.15, 0.2) is 0 Å². The van der Waals surface area contributed by atoms with Gasteiger partial charge in [-0.05, 0) is 48.7 Å². The fourth-order valence-electron chi connectivity index (χ4n) is 3.09. The van der Waals surface area contributed by atoms with Gasteiger partial charge in [-0.2, -0.15) is 0 Å². The van der Waals surface area contributed by atoms with Crippen molar-refractivity contribution in [2.75, 3.05) is 5.32 Å². The smallest absolute Gasteiger partial charge is 0.235 e. The van der Waals surface area contributed by atoms with Gasteiger partial charge in [0, 0.05) is 17.1 Å². The molecule has 3 nitrogen and oxygen atoms in total. The summed E-state index contributed by atoms with van der Waals surface area (Å²) in [6.45, 7) is 0. The largest absolute Gasteiger partial charge is 0.361 e. The maximum atomic E-state index is 13.8. The number of halogens is 3. The first-order valence-corrected chi connectivity index (χ1v) is 7.54. The number of carbonyl (C=O) groups excluding carboxylic acids is 1. The van der Waals surface area contributed by atoms with E-state index in [0.29, 0.717) is 23.9 Å². The molecule has 1 saturated carbocycles. The van der Waals surface area contributed by atoms with E-state index >= 15 is 0 Å². The number of rotatable bonds is 3. The number of hydrogen-bond donors (Lipinski definition) is 2. The summed E-state index contributed by atoms with van der Waals surface area (Å²) in [6.07, 6.45) is 2.80. The quantitative estimate of drug-likeness (QED) is 0.741. The molecule has 1 amide bonds. The highest BCUT2D eigenvalue weighted by Gasteiger charge is 2.52. The van der Waals surface area contributed by atoms with Crippen LogP contribution in [0.3, 0.4) is 0 Å². The Balaban J connectivity index is 1.71. The predicted molar refractivity (Wildman–Crippen MR) is 84.2 cm³/mol. The van der Waals surface area contributed by atoms with Gasteiger partial charge in [0.05, 0.1) is 5.41 Å². The first-order valence-electron chi connectivity index (χ1n) is 7.54. The van der Waals surface area contributed by atoms with Crippen molar-refractivity contribution in [3.05, 3.63) is 65.6 Å². The zero-order valence-electron chi connectivity index (χ0n) is 12.5. The summed E-state index contributed by atoms with van der Waals surface area (Å²) in [6, 6.07) is 7.70. The summed E-state index contributed by atoms with van der Waals surface area (Å²) in [5, 5.41) is 3.10. The van der Waals surface area contributed by atoms with Gasteiger partial charge in [0.25, 0.3) is 0 Å². The third-order valence-electron chi connectivity index (χ3n) is 4.55. The SMILES string of the molecule is O=C(Nc1c(F)cccc1F)C1(c2c[nH]c3cc(F)ccc23)CC1. The zero-order chi connectivity index (χ0) is 16.9. The van der Waals surface area contributed by atoms with E-state index in [0.717, 1.165) is 17.5 Å². The van der Waals surface area contributed by atoms with E-state index in [2.05, 4.69) is 10.3 Å². The van der Waals surface area contributed by atoms with Crippen molar-refractivity contribution in [1.82, 2.24) is 4.98 Å². The van der Waals surface area contributed by atoms with Gasteiger partial charge in [-0.15, -0.1) is 0 Å². The average molecular weight is 330 g/mol. The summed E-state index contributed by atoms with van der Waals surface area (Å²) < 4.78 is 40.8. The summed E-state index contributed by atoms with van der Waals surface area (Å²) in [5.41, 5.74) is 0.0118. The Labute approximate surface area is 135 Å². The second-order valence-electron chi connectivity index (χ2n) is 6.03. The molecule has 0 aliphatic heterocycles. The van der Waals surface area contributed by atoms with Crippen LogP contribution in [0, 0.1) is 17.5 Å². The predicted octanol–water partition coefficient (Wildman–Crippen LogP) is 4.26. The molecule has 24 heavy (non-hydrogen) atoms. The van der Waals surface area contributed by atoms with Crippen molar-refractivity contribution in [2.45, 2.75) is 18.3 Å². The van der Waals surface area contributed by atoms with Crippen molar-refractivity contribution in [3.8, 4) is 0 Å². The molecule has 4 rings (SSSR count). The number of nitrogens with one attached hydrogen (secondary N) is 2. The highest BCUT2D eigenvalue weighted by atomic mass is 19.1. The standard InChI is InChI=1S/C18H13F3N2O/c19-10-4-5-11-12(9-22-15(11)8-10)18(6-7-18)17(24)23-16-13(20)2-1-3-14(16)21/h1-5,8-9,22H,6-7H2,(H,23,24). The molecule has 1 aliphatic rings. The Bertz CT molecular complexity index is 940. The lowest BCUT2D eigenvalue weighted by molar-refractivity contribution is -0.118. The number of aromatic nitrogens is 1. The summed E-state index contributed by atoms with van der Waals surface area (Å²) in [5.74, 6) is -2.48. The minimum atomic E-state index is -0.842. The number of para-hydroxylation sites is 1. The molecule has 0 radical (unpaired) electrons. The first kappa shape index (κ1) is 14.8. The monoisotopic (exact) mass is 330 g/mol. The molecule has 0 atom stereocenters. The lowest BCUT2D eigenvalue weighted by Crippen LogP contribution is -2.28. The molecule has 3 aromatic rings. The lowest BCUT2D eigenvalue weighted by Gasteiger charge is -2.15. The van der Waals surface area contributed by atoms with Crippen LogP contribution in [-0.4, -0.2) is 10.9 Å². The Morgan fingerprint density at radius 2 is 1.79 bits per heavy atom. The van der Waals surface area contributed by atoms with E-state index in [1.165, 1.54) is 18.2 Å². The minimum absolute atomic E-state index is 0.376.